The number of rotatable bonds is 1. The molecule has 1 aromatic heterocycles. The van der Waals surface area contributed by atoms with E-state index in [-0.39, 0.29) is 5.02 Å². The normalized spacial score (nSPS) is 10.7. The maximum Gasteiger partial charge on any atom is 0.150 e. The van der Waals surface area contributed by atoms with Gasteiger partial charge in [0.1, 0.15) is 17.3 Å². The molecule has 0 saturated carbocycles. The highest BCUT2D eigenvalue weighted by Gasteiger charge is 2.14. The lowest BCUT2D eigenvalue weighted by Gasteiger charge is -2.02. The number of nitrogen functional groups attached to an aromatic ring is 2. The van der Waals surface area contributed by atoms with Crippen LogP contribution in [0.4, 0.5) is 10.2 Å². The van der Waals surface area contributed by atoms with Crippen molar-refractivity contribution in [3.8, 4) is 11.3 Å². The van der Waals surface area contributed by atoms with Crippen molar-refractivity contribution in [2.75, 3.05) is 11.6 Å². The van der Waals surface area contributed by atoms with Crippen LogP contribution < -0.4 is 11.6 Å². The Balaban J connectivity index is 2.63. The molecule has 6 heteroatoms. The Labute approximate surface area is 96.6 Å². The van der Waals surface area contributed by atoms with Gasteiger partial charge in [-0.05, 0) is 25.1 Å². The molecule has 1 aromatic carbocycles. The zero-order valence-electron chi connectivity index (χ0n) is 8.54. The molecule has 0 amide bonds. The fourth-order valence-electron chi connectivity index (χ4n) is 1.44. The Morgan fingerprint density at radius 3 is 2.62 bits per heavy atom. The van der Waals surface area contributed by atoms with Crippen LogP contribution >= 0.6 is 11.6 Å². The van der Waals surface area contributed by atoms with Crippen LogP contribution in [0.5, 0.6) is 0 Å². The summed E-state index contributed by atoms with van der Waals surface area (Å²) in [4.78, 5) is 4.18. The van der Waals surface area contributed by atoms with E-state index in [1.54, 1.807) is 6.92 Å². The minimum Gasteiger partial charge on any atom is -0.382 e. The summed E-state index contributed by atoms with van der Waals surface area (Å²) in [6.07, 6.45) is 0. The van der Waals surface area contributed by atoms with Crippen LogP contribution in [0.25, 0.3) is 11.3 Å². The van der Waals surface area contributed by atoms with E-state index < -0.39 is 5.82 Å². The number of imidazole rings is 1. The quantitative estimate of drug-likeness (QED) is 0.749. The molecule has 0 bridgehead atoms. The zero-order valence-corrected chi connectivity index (χ0v) is 9.29. The summed E-state index contributed by atoms with van der Waals surface area (Å²) < 4.78 is 14.1. The number of nitrogens with zero attached hydrogens (tertiary/aromatic N) is 2. The number of hydrogen-bond acceptors (Lipinski definition) is 3. The van der Waals surface area contributed by atoms with Gasteiger partial charge in [0.05, 0.1) is 5.02 Å². The Morgan fingerprint density at radius 1 is 1.44 bits per heavy atom. The molecule has 1 heterocycles. The van der Waals surface area contributed by atoms with Gasteiger partial charge in [0.15, 0.2) is 5.82 Å². The lowest BCUT2D eigenvalue weighted by atomic mass is 10.1. The van der Waals surface area contributed by atoms with Gasteiger partial charge in [-0.3, -0.25) is 0 Å². The summed E-state index contributed by atoms with van der Waals surface area (Å²) in [5.74, 6) is 6.09. The van der Waals surface area contributed by atoms with Gasteiger partial charge in [0, 0.05) is 5.56 Å². The van der Waals surface area contributed by atoms with Gasteiger partial charge in [-0.1, -0.05) is 11.6 Å². The molecule has 2 rings (SSSR count). The van der Waals surface area contributed by atoms with E-state index >= 15 is 0 Å². The smallest absolute Gasteiger partial charge is 0.150 e. The molecule has 84 valence electrons. The largest absolute Gasteiger partial charge is 0.382 e. The van der Waals surface area contributed by atoms with E-state index in [2.05, 4.69) is 4.98 Å². The number of hydrogen-bond donors (Lipinski definition) is 2. The second kappa shape index (κ2) is 3.68. The molecule has 0 fully saturated rings. The Morgan fingerprint density at radius 2 is 2.12 bits per heavy atom. The summed E-state index contributed by atoms with van der Waals surface area (Å²) in [6.45, 7) is 1.72. The second-order valence-electron chi connectivity index (χ2n) is 3.39. The molecule has 0 aliphatic heterocycles. The average Bonchev–Trinajstić information content (AvgIpc) is 2.46. The third-order valence-electron chi connectivity index (χ3n) is 2.31. The number of anilines is 1. The van der Waals surface area contributed by atoms with E-state index in [0.29, 0.717) is 22.9 Å². The summed E-state index contributed by atoms with van der Waals surface area (Å²) in [7, 11) is 0. The summed E-state index contributed by atoms with van der Waals surface area (Å²) in [6, 6.07) is 4.03. The monoisotopic (exact) mass is 240 g/mol. The van der Waals surface area contributed by atoms with Gasteiger partial charge in [0.2, 0.25) is 0 Å². The fourth-order valence-corrected chi connectivity index (χ4v) is 1.70. The highest BCUT2D eigenvalue weighted by molar-refractivity contribution is 6.33. The van der Waals surface area contributed by atoms with Crippen LogP contribution in [0.15, 0.2) is 18.2 Å². The van der Waals surface area contributed by atoms with Gasteiger partial charge in [-0.15, -0.1) is 0 Å². The maximum absolute atomic E-state index is 12.9. The number of halogens is 2. The Bertz CT molecular complexity index is 550. The third-order valence-corrected chi connectivity index (χ3v) is 2.62. The minimum atomic E-state index is -0.406. The zero-order chi connectivity index (χ0) is 11.9. The Kier molecular flexibility index (Phi) is 2.47. The predicted octanol–water partition coefficient (Wildman–Crippen LogP) is 1.95. The molecule has 0 atom stereocenters. The van der Waals surface area contributed by atoms with E-state index in [1.807, 2.05) is 0 Å². The molecule has 0 saturated heterocycles. The number of aromatic nitrogens is 2. The number of benzene rings is 1. The second-order valence-corrected chi connectivity index (χ2v) is 3.79. The van der Waals surface area contributed by atoms with Crippen LogP contribution in [0.2, 0.25) is 5.02 Å². The van der Waals surface area contributed by atoms with Gasteiger partial charge < -0.3 is 11.6 Å². The van der Waals surface area contributed by atoms with E-state index in [9.17, 15) is 4.39 Å². The standard InChI is InChI=1S/C10H10ClFN4/c1-5-15-9(10(13)16(5)14)7-3-2-6(12)4-8(7)11/h2-4H,13-14H2,1H3. The van der Waals surface area contributed by atoms with Crippen molar-refractivity contribution in [3.05, 3.63) is 34.9 Å². The van der Waals surface area contributed by atoms with Crippen molar-refractivity contribution in [2.45, 2.75) is 6.92 Å². The first-order valence-corrected chi connectivity index (χ1v) is 4.94. The lowest BCUT2D eigenvalue weighted by Crippen LogP contribution is -2.13. The van der Waals surface area contributed by atoms with E-state index in [0.717, 1.165) is 0 Å². The van der Waals surface area contributed by atoms with Crippen LogP contribution in [0.1, 0.15) is 5.82 Å². The lowest BCUT2D eigenvalue weighted by molar-refractivity contribution is 0.628. The molecule has 0 aliphatic rings. The van der Waals surface area contributed by atoms with Gasteiger partial charge >= 0.3 is 0 Å². The average molecular weight is 241 g/mol. The molecule has 4 N–H and O–H groups in total. The summed E-state index contributed by atoms with van der Waals surface area (Å²) in [5.41, 5.74) is 6.79. The maximum atomic E-state index is 12.9. The van der Waals surface area contributed by atoms with Crippen LogP contribution in [-0.2, 0) is 0 Å². The molecule has 0 aliphatic carbocycles. The highest BCUT2D eigenvalue weighted by Crippen LogP contribution is 2.31. The van der Waals surface area contributed by atoms with E-state index in [4.69, 9.17) is 23.2 Å². The minimum absolute atomic E-state index is 0.254. The predicted molar refractivity (Wildman–Crippen MR) is 61.9 cm³/mol. The fraction of sp³-hybridized carbons (Fsp3) is 0.100. The van der Waals surface area contributed by atoms with Crippen LogP contribution in [-0.4, -0.2) is 9.66 Å². The molecule has 4 nitrogen and oxygen atoms in total. The molecular formula is C10H10ClFN4. The molecule has 0 spiro atoms. The number of nitrogens with two attached hydrogens (primary N) is 2. The van der Waals surface area contributed by atoms with Crippen molar-refractivity contribution in [1.82, 2.24) is 9.66 Å². The van der Waals surface area contributed by atoms with Crippen molar-refractivity contribution < 1.29 is 4.39 Å². The van der Waals surface area contributed by atoms with Crippen molar-refractivity contribution in [1.29, 1.82) is 0 Å². The summed E-state index contributed by atoms with van der Waals surface area (Å²) in [5, 5.41) is 0.254. The van der Waals surface area contributed by atoms with Crippen LogP contribution in [0, 0.1) is 12.7 Å². The first-order chi connectivity index (χ1) is 7.50. The third kappa shape index (κ3) is 1.59. The molecule has 0 radical (unpaired) electrons. The van der Waals surface area contributed by atoms with Gasteiger partial charge in [-0.2, -0.15) is 0 Å². The van der Waals surface area contributed by atoms with Crippen molar-refractivity contribution in [2.24, 2.45) is 0 Å². The van der Waals surface area contributed by atoms with Gasteiger partial charge in [-0.25, -0.2) is 14.1 Å². The molecule has 2 aromatic rings. The Hall–Kier alpha value is -1.75. The number of aryl methyl sites for hydroxylation is 1. The SMILES string of the molecule is Cc1nc(-c2ccc(F)cc2Cl)c(N)n1N. The van der Waals surface area contributed by atoms with Crippen LogP contribution in [0.3, 0.4) is 0 Å². The topological polar surface area (TPSA) is 69.9 Å². The molecular weight excluding hydrogens is 231 g/mol. The highest BCUT2D eigenvalue weighted by atomic mass is 35.5. The van der Waals surface area contributed by atoms with Crippen molar-refractivity contribution >= 4 is 17.4 Å². The first kappa shape index (κ1) is 10.8. The molecule has 16 heavy (non-hydrogen) atoms. The first-order valence-electron chi connectivity index (χ1n) is 4.56. The van der Waals surface area contributed by atoms with Crippen molar-refractivity contribution in [3.63, 3.8) is 0 Å². The summed E-state index contributed by atoms with van der Waals surface area (Å²) >= 11 is 5.91. The van der Waals surface area contributed by atoms with Gasteiger partial charge in [0.25, 0.3) is 0 Å². The molecule has 0 unspecified atom stereocenters. The van der Waals surface area contributed by atoms with E-state index in [1.165, 1.54) is 22.9 Å².